The molecule has 0 aliphatic carbocycles. The summed E-state index contributed by atoms with van der Waals surface area (Å²) in [4.78, 5) is 0. The Morgan fingerprint density at radius 1 is 1.67 bits per heavy atom. The number of nitrogens with zero attached hydrogens (tertiary/aromatic N) is 2. The first kappa shape index (κ1) is 12.0. The highest BCUT2D eigenvalue weighted by Crippen LogP contribution is 2.20. The molecule has 0 aromatic carbocycles. The van der Waals surface area contributed by atoms with Crippen molar-refractivity contribution < 1.29 is 0 Å². The first-order chi connectivity index (χ1) is 7.04. The number of nitrogens with one attached hydrogen (secondary N) is 1. The van der Waals surface area contributed by atoms with Crippen molar-refractivity contribution in [3.05, 3.63) is 29.6 Å². The maximum absolute atomic E-state index is 4.37. The Hall–Kier alpha value is -1.09. The molecule has 0 aliphatic heterocycles. The third kappa shape index (κ3) is 3.20. The van der Waals surface area contributed by atoms with Crippen molar-refractivity contribution in [1.82, 2.24) is 15.1 Å². The second kappa shape index (κ2) is 5.12. The van der Waals surface area contributed by atoms with E-state index in [0.717, 1.165) is 18.7 Å². The van der Waals surface area contributed by atoms with Crippen LogP contribution < -0.4 is 5.32 Å². The number of aromatic nitrogens is 2. The van der Waals surface area contributed by atoms with Crippen LogP contribution in [0.25, 0.3) is 0 Å². The Labute approximate surface area is 92.2 Å². The molecule has 1 aromatic rings. The lowest BCUT2D eigenvalue weighted by Crippen LogP contribution is -2.23. The van der Waals surface area contributed by atoms with Crippen molar-refractivity contribution >= 4 is 0 Å². The lowest BCUT2D eigenvalue weighted by atomic mass is 10.1. The zero-order chi connectivity index (χ0) is 11.4. The van der Waals surface area contributed by atoms with E-state index in [4.69, 9.17) is 0 Å². The maximum Gasteiger partial charge on any atom is 0.0597 e. The van der Waals surface area contributed by atoms with Crippen LogP contribution in [0.1, 0.15) is 37.7 Å². The summed E-state index contributed by atoms with van der Waals surface area (Å²) < 4.78 is 1.95. The normalized spacial score (nSPS) is 12.8. The third-order valence-electron chi connectivity index (χ3n) is 2.40. The second-order valence-corrected chi connectivity index (χ2v) is 4.11. The molecule has 1 N–H and O–H groups in total. The molecule has 1 aromatic heterocycles. The van der Waals surface area contributed by atoms with Crippen LogP contribution in [0.5, 0.6) is 0 Å². The molecule has 0 radical (unpaired) electrons. The maximum atomic E-state index is 4.37. The quantitative estimate of drug-likeness (QED) is 0.751. The van der Waals surface area contributed by atoms with Crippen LogP contribution in [0.4, 0.5) is 0 Å². The van der Waals surface area contributed by atoms with Crippen molar-refractivity contribution in [2.75, 3.05) is 6.54 Å². The van der Waals surface area contributed by atoms with E-state index in [0.29, 0.717) is 6.04 Å². The fraction of sp³-hybridized carbons (Fsp3) is 0.583. The number of rotatable bonds is 5. The van der Waals surface area contributed by atoms with Crippen LogP contribution in [0.2, 0.25) is 0 Å². The Bertz CT molecular complexity index is 339. The molecule has 3 nitrogen and oxygen atoms in total. The summed E-state index contributed by atoms with van der Waals surface area (Å²) in [5, 5.41) is 7.83. The van der Waals surface area contributed by atoms with Gasteiger partial charge in [0.1, 0.15) is 0 Å². The standard InChI is InChI=1S/C12H21N3/c1-6-13-11(7-9(2)3)12-8-10(4)14-15(12)5/h8,11,13H,2,6-7H2,1,3-5H3. The summed E-state index contributed by atoms with van der Waals surface area (Å²) in [6.45, 7) is 11.1. The molecule has 84 valence electrons. The Morgan fingerprint density at radius 2 is 2.33 bits per heavy atom. The summed E-state index contributed by atoms with van der Waals surface area (Å²) >= 11 is 0. The predicted octanol–water partition coefficient (Wildman–Crippen LogP) is 2.35. The van der Waals surface area contributed by atoms with E-state index in [2.05, 4.69) is 36.9 Å². The van der Waals surface area contributed by atoms with Gasteiger partial charge in [0.05, 0.1) is 17.4 Å². The first-order valence-corrected chi connectivity index (χ1v) is 5.43. The van der Waals surface area contributed by atoms with Gasteiger partial charge in [-0.1, -0.05) is 12.5 Å². The minimum atomic E-state index is 0.332. The lowest BCUT2D eigenvalue weighted by Gasteiger charge is -2.18. The van der Waals surface area contributed by atoms with Gasteiger partial charge in [-0.3, -0.25) is 4.68 Å². The van der Waals surface area contributed by atoms with Gasteiger partial charge in [-0.15, -0.1) is 6.58 Å². The largest absolute Gasteiger partial charge is 0.309 e. The van der Waals surface area contributed by atoms with Crippen molar-refractivity contribution in [3.63, 3.8) is 0 Å². The second-order valence-electron chi connectivity index (χ2n) is 4.11. The van der Waals surface area contributed by atoms with Crippen LogP contribution in [-0.4, -0.2) is 16.3 Å². The van der Waals surface area contributed by atoms with Gasteiger partial charge in [0.2, 0.25) is 0 Å². The molecule has 0 spiro atoms. The van der Waals surface area contributed by atoms with Gasteiger partial charge in [0.15, 0.2) is 0 Å². The van der Waals surface area contributed by atoms with Crippen LogP contribution in [0, 0.1) is 6.92 Å². The highest BCUT2D eigenvalue weighted by atomic mass is 15.3. The third-order valence-corrected chi connectivity index (χ3v) is 2.40. The average molecular weight is 207 g/mol. The zero-order valence-electron chi connectivity index (χ0n) is 10.2. The summed E-state index contributed by atoms with van der Waals surface area (Å²) in [6.07, 6.45) is 0.965. The molecule has 0 aliphatic rings. The molecule has 15 heavy (non-hydrogen) atoms. The predicted molar refractivity (Wildman–Crippen MR) is 63.8 cm³/mol. The molecule has 0 saturated heterocycles. The number of hydrogen-bond acceptors (Lipinski definition) is 2. The smallest absolute Gasteiger partial charge is 0.0597 e. The van der Waals surface area contributed by atoms with Crippen LogP contribution in [0.15, 0.2) is 18.2 Å². The van der Waals surface area contributed by atoms with Crippen molar-refractivity contribution in [2.24, 2.45) is 7.05 Å². The van der Waals surface area contributed by atoms with E-state index in [9.17, 15) is 0 Å². The van der Waals surface area contributed by atoms with E-state index < -0.39 is 0 Å². The molecule has 1 rings (SSSR count). The van der Waals surface area contributed by atoms with E-state index in [1.807, 2.05) is 18.7 Å². The molecular formula is C12H21N3. The molecule has 1 heterocycles. The molecule has 0 saturated carbocycles. The average Bonchev–Trinajstić information content (AvgIpc) is 2.44. The van der Waals surface area contributed by atoms with E-state index in [-0.39, 0.29) is 0 Å². The fourth-order valence-electron chi connectivity index (χ4n) is 1.83. The highest BCUT2D eigenvalue weighted by Gasteiger charge is 2.14. The monoisotopic (exact) mass is 207 g/mol. The summed E-state index contributed by atoms with van der Waals surface area (Å²) in [5.74, 6) is 0. The van der Waals surface area contributed by atoms with Crippen LogP contribution >= 0.6 is 0 Å². The van der Waals surface area contributed by atoms with E-state index in [1.165, 1.54) is 11.3 Å². The molecule has 1 atom stereocenters. The SMILES string of the molecule is C=C(C)CC(NCC)c1cc(C)nn1C. The Morgan fingerprint density at radius 3 is 2.73 bits per heavy atom. The highest BCUT2D eigenvalue weighted by molar-refractivity contribution is 5.15. The summed E-state index contributed by atoms with van der Waals surface area (Å²) in [6, 6.07) is 2.47. The van der Waals surface area contributed by atoms with Crippen molar-refractivity contribution in [3.8, 4) is 0 Å². The molecular weight excluding hydrogens is 186 g/mol. The molecule has 0 amide bonds. The van der Waals surface area contributed by atoms with Crippen molar-refractivity contribution in [2.45, 2.75) is 33.2 Å². The molecule has 3 heteroatoms. The molecule has 0 fully saturated rings. The summed E-state index contributed by atoms with van der Waals surface area (Å²) in [7, 11) is 1.99. The van der Waals surface area contributed by atoms with Gasteiger partial charge in [-0.2, -0.15) is 5.10 Å². The lowest BCUT2D eigenvalue weighted by molar-refractivity contribution is 0.506. The van der Waals surface area contributed by atoms with Crippen LogP contribution in [-0.2, 0) is 7.05 Å². The minimum absolute atomic E-state index is 0.332. The van der Waals surface area contributed by atoms with Crippen LogP contribution in [0.3, 0.4) is 0 Å². The van der Waals surface area contributed by atoms with Gasteiger partial charge in [0.25, 0.3) is 0 Å². The van der Waals surface area contributed by atoms with E-state index in [1.54, 1.807) is 0 Å². The zero-order valence-corrected chi connectivity index (χ0v) is 10.2. The molecule has 0 bridgehead atoms. The Balaban J connectivity index is 2.87. The van der Waals surface area contributed by atoms with Gasteiger partial charge in [-0.05, 0) is 32.9 Å². The number of aryl methyl sites for hydroxylation is 2. The topological polar surface area (TPSA) is 29.9 Å². The number of hydrogen-bond donors (Lipinski definition) is 1. The first-order valence-electron chi connectivity index (χ1n) is 5.43. The Kier molecular flexibility index (Phi) is 4.09. The van der Waals surface area contributed by atoms with Gasteiger partial charge >= 0.3 is 0 Å². The fourth-order valence-corrected chi connectivity index (χ4v) is 1.83. The van der Waals surface area contributed by atoms with Gasteiger partial charge < -0.3 is 5.32 Å². The minimum Gasteiger partial charge on any atom is -0.309 e. The van der Waals surface area contributed by atoms with Crippen molar-refractivity contribution in [1.29, 1.82) is 0 Å². The summed E-state index contributed by atoms with van der Waals surface area (Å²) in [5.41, 5.74) is 3.49. The van der Waals surface area contributed by atoms with Gasteiger partial charge in [0, 0.05) is 7.05 Å². The molecule has 1 unspecified atom stereocenters. The van der Waals surface area contributed by atoms with Gasteiger partial charge in [-0.25, -0.2) is 0 Å². The van der Waals surface area contributed by atoms with E-state index >= 15 is 0 Å².